The molecule has 0 amide bonds. The van der Waals surface area contributed by atoms with Gasteiger partial charge < -0.3 is 10.1 Å². The second-order valence-electron chi connectivity index (χ2n) is 3.73. The van der Waals surface area contributed by atoms with Crippen LogP contribution in [0.25, 0.3) is 10.1 Å². The fourth-order valence-electron chi connectivity index (χ4n) is 1.78. The summed E-state index contributed by atoms with van der Waals surface area (Å²) in [5, 5.41) is 6.97. The van der Waals surface area contributed by atoms with E-state index >= 15 is 0 Å². The third-order valence-electron chi connectivity index (χ3n) is 2.68. The lowest BCUT2D eigenvalue weighted by Gasteiger charge is -2.02. The first-order chi connectivity index (χ1) is 7.85. The van der Waals surface area contributed by atoms with Gasteiger partial charge in [-0.2, -0.15) is 0 Å². The molecule has 0 bridgehead atoms. The van der Waals surface area contributed by atoms with Crippen molar-refractivity contribution in [3.05, 3.63) is 29.1 Å². The maximum Gasteiger partial charge on any atom is 0.120 e. The Balaban J connectivity index is 2.20. The van der Waals surface area contributed by atoms with Gasteiger partial charge in [0.15, 0.2) is 0 Å². The van der Waals surface area contributed by atoms with Crippen molar-refractivity contribution in [2.45, 2.75) is 13.3 Å². The first-order valence-electron chi connectivity index (χ1n) is 5.60. The fraction of sp³-hybridized carbons (Fsp3) is 0.385. The van der Waals surface area contributed by atoms with E-state index < -0.39 is 0 Å². The zero-order chi connectivity index (χ0) is 11.4. The zero-order valence-electron chi connectivity index (χ0n) is 9.75. The quantitative estimate of drug-likeness (QED) is 0.804. The molecule has 16 heavy (non-hydrogen) atoms. The summed E-state index contributed by atoms with van der Waals surface area (Å²) < 4.78 is 6.54. The van der Waals surface area contributed by atoms with Crippen LogP contribution in [0.2, 0.25) is 0 Å². The molecule has 1 aromatic carbocycles. The lowest BCUT2D eigenvalue weighted by Crippen LogP contribution is -2.15. The molecule has 0 atom stereocenters. The van der Waals surface area contributed by atoms with E-state index in [2.05, 4.69) is 29.8 Å². The van der Waals surface area contributed by atoms with Crippen LogP contribution in [-0.4, -0.2) is 20.2 Å². The number of rotatable bonds is 5. The van der Waals surface area contributed by atoms with Crippen molar-refractivity contribution >= 4 is 21.4 Å². The molecule has 0 saturated carbocycles. The van der Waals surface area contributed by atoms with E-state index in [0.29, 0.717) is 0 Å². The van der Waals surface area contributed by atoms with Crippen LogP contribution in [-0.2, 0) is 6.42 Å². The second-order valence-corrected chi connectivity index (χ2v) is 4.64. The lowest BCUT2D eigenvalue weighted by molar-refractivity contribution is 0.415. The maximum absolute atomic E-state index is 5.22. The average Bonchev–Trinajstić information content (AvgIpc) is 2.72. The minimum atomic E-state index is 0.938. The molecule has 2 nitrogen and oxygen atoms in total. The Morgan fingerprint density at radius 2 is 2.25 bits per heavy atom. The molecule has 0 spiro atoms. The topological polar surface area (TPSA) is 21.3 Å². The van der Waals surface area contributed by atoms with E-state index in [0.717, 1.165) is 25.3 Å². The van der Waals surface area contributed by atoms with Gasteiger partial charge in [-0.15, -0.1) is 11.3 Å². The number of ether oxygens (including phenoxy) is 1. The van der Waals surface area contributed by atoms with E-state index in [1.165, 1.54) is 15.6 Å². The van der Waals surface area contributed by atoms with Gasteiger partial charge in [-0.3, -0.25) is 0 Å². The Morgan fingerprint density at radius 3 is 3.00 bits per heavy atom. The number of hydrogen-bond acceptors (Lipinski definition) is 3. The van der Waals surface area contributed by atoms with Crippen LogP contribution in [0.1, 0.15) is 12.5 Å². The molecule has 3 heteroatoms. The normalized spacial score (nSPS) is 10.9. The van der Waals surface area contributed by atoms with Crippen molar-refractivity contribution in [1.29, 1.82) is 0 Å². The summed E-state index contributed by atoms with van der Waals surface area (Å²) in [6, 6.07) is 6.30. The molecule has 2 rings (SSSR count). The molecule has 1 heterocycles. The van der Waals surface area contributed by atoms with Gasteiger partial charge in [-0.25, -0.2) is 0 Å². The highest BCUT2D eigenvalue weighted by atomic mass is 32.1. The van der Waals surface area contributed by atoms with Crippen molar-refractivity contribution in [2.24, 2.45) is 0 Å². The summed E-state index contributed by atoms with van der Waals surface area (Å²) in [6.45, 7) is 4.22. The maximum atomic E-state index is 5.22. The Kier molecular flexibility index (Phi) is 3.80. The molecule has 86 valence electrons. The zero-order valence-corrected chi connectivity index (χ0v) is 10.6. The standard InChI is InChI=1S/C13H17NOS/c1-3-14-7-6-10-9-16-13-8-11(15-2)4-5-12(10)13/h4-5,8-9,14H,3,6-7H2,1-2H3. The van der Waals surface area contributed by atoms with Gasteiger partial charge in [-0.1, -0.05) is 6.92 Å². The highest BCUT2D eigenvalue weighted by Crippen LogP contribution is 2.29. The predicted molar refractivity (Wildman–Crippen MR) is 70.6 cm³/mol. The van der Waals surface area contributed by atoms with Crippen LogP contribution in [0.4, 0.5) is 0 Å². The summed E-state index contributed by atoms with van der Waals surface area (Å²) in [7, 11) is 1.71. The molecule has 1 aromatic heterocycles. The summed E-state index contributed by atoms with van der Waals surface area (Å²) in [5.74, 6) is 0.938. The lowest BCUT2D eigenvalue weighted by atomic mass is 10.1. The third-order valence-corrected chi connectivity index (χ3v) is 3.68. The highest BCUT2D eigenvalue weighted by molar-refractivity contribution is 7.17. The minimum Gasteiger partial charge on any atom is -0.497 e. The number of hydrogen-bond donors (Lipinski definition) is 1. The molecule has 0 aliphatic carbocycles. The Bertz CT molecular complexity index is 464. The van der Waals surface area contributed by atoms with Crippen LogP contribution in [0.3, 0.4) is 0 Å². The van der Waals surface area contributed by atoms with Crippen molar-refractivity contribution in [3.63, 3.8) is 0 Å². The second kappa shape index (κ2) is 5.32. The molecular formula is C13H17NOS. The van der Waals surface area contributed by atoms with Crippen molar-refractivity contribution in [3.8, 4) is 5.75 Å². The molecule has 1 N–H and O–H groups in total. The van der Waals surface area contributed by atoms with E-state index in [-0.39, 0.29) is 0 Å². The smallest absolute Gasteiger partial charge is 0.120 e. The van der Waals surface area contributed by atoms with Crippen LogP contribution < -0.4 is 10.1 Å². The van der Waals surface area contributed by atoms with E-state index in [1.807, 2.05) is 6.07 Å². The molecular weight excluding hydrogens is 218 g/mol. The summed E-state index contributed by atoms with van der Waals surface area (Å²) in [4.78, 5) is 0. The molecule has 0 radical (unpaired) electrons. The highest BCUT2D eigenvalue weighted by Gasteiger charge is 2.04. The number of methoxy groups -OCH3 is 1. The van der Waals surface area contributed by atoms with Crippen LogP contribution in [0.15, 0.2) is 23.6 Å². The number of likely N-dealkylation sites (N-methyl/N-ethyl adjacent to an activating group) is 1. The van der Waals surface area contributed by atoms with Gasteiger partial charge >= 0.3 is 0 Å². The van der Waals surface area contributed by atoms with Crippen molar-refractivity contribution < 1.29 is 4.74 Å². The summed E-state index contributed by atoms with van der Waals surface area (Å²) in [6.07, 6.45) is 1.10. The van der Waals surface area contributed by atoms with Gasteiger partial charge in [0, 0.05) is 4.70 Å². The molecule has 0 aliphatic heterocycles. The predicted octanol–water partition coefficient (Wildman–Crippen LogP) is 3.06. The Morgan fingerprint density at radius 1 is 1.38 bits per heavy atom. The molecule has 0 aliphatic rings. The van der Waals surface area contributed by atoms with E-state index in [4.69, 9.17) is 4.74 Å². The van der Waals surface area contributed by atoms with Crippen molar-refractivity contribution in [2.75, 3.05) is 20.2 Å². The fourth-order valence-corrected chi connectivity index (χ4v) is 2.81. The van der Waals surface area contributed by atoms with Gasteiger partial charge in [0.25, 0.3) is 0 Å². The van der Waals surface area contributed by atoms with Crippen LogP contribution in [0, 0.1) is 0 Å². The first kappa shape index (κ1) is 11.4. The van der Waals surface area contributed by atoms with Gasteiger partial charge in [0.1, 0.15) is 5.75 Å². The number of fused-ring (bicyclic) bond motifs is 1. The van der Waals surface area contributed by atoms with E-state index in [1.54, 1.807) is 18.4 Å². The Labute approximate surface area is 100 Å². The molecule has 0 saturated heterocycles. The number of thiophene rings is 1. The van der Waals surface area contributed by atoms with Crippen LogP contribution >= 0.6 is 11.3 Å². The third kappa shape index (κ3) is 2.36. The SMILES string of the molecule is CCNCCc1csc2cc(OC)ccc12. The largest absolute Gasteiger partial charge is 0.497 e. The molecule has 0 fully saturated rings. The number of nitrogens with one attached hydrogen (secondary N) is 1. The minimum absolute atomic E-state index is 0.938. The average molecular weight is 235 g/mol. The summed E-state index contributed by atoms with van der Waals surface area (Å²) >= 11 is 1.79. The first-order valence-corrected chi connectivity index (χ1v) is 6.48. The van der Waals surface area contributed by atoms with E-state index in [9.17, 15) is 0 Å². The summed E-state index contributed by atoms with van der Waals surface area (Å²) in [5.41, 5.74) is 1.43. The van der Waals surface area contributed by atoms with Gasteiger partial charge in [0.05, 0.1) is 7.11 Å². The molecule has 0 unspecified atom stereocenters. The van der Waals surface area contributed by atoms with Gasteiger partial charge in [-0.05, 0) is 54.0 Å². The van der Waals surface area contributed by atoms with Gasteiger partial charge in [0.2, 0.25) is 0 Å². The number of benzene rings is 1. The Hall–Kier alpha value is -1.06. The molecule has 2 aromatic rings. The van der Waals surface area contributed by atoms with Crippen LogP contribution in [0.5, 0.6) is 5.75 Å². The van der Waals surface area contributed by atoms with Crippen molar-refractivity contribution in [1.82, 2.24) is 5.32 Å². The monoisotopic (exact) mass is 235 g/mol.